The molecule has 0 radical (unpaired) electrons. The van der Waals surface area contributed by atoms with Crippen molar-refractivity contribution in [2.75, 3.05) is 0 Å². The van der Waals surface area contributed by atoms with Gasteiger partial charge in [0.15, 0.2) is 0 Å². The summed E-state index contributed by atoms with van der Waals surface area (Å²) < 4.78 is 0. The fourth-order valence-electron chi connectivity index (χ4n) is 4.24. The van der Waals surface area contributed by atoms with Crippen molar-refractivity contribution in [2.24, 2.45) is 5.92 Å². The van der Waals surface area contributed by atoms with E-state index in [0.29, 0.717) is 12.8 Å². The van der Waals surface area contributed by atoms with Crippen LogP contribution in [0.1, 0.15) is 95.4 Å². The highest BCUT2D eigenvalue weighted by atomic mass is 16.2. The number of amides is 8. The molecule has 210 valence electrons. The molecule has 0 aliphatic carbocycles. The smallest absolute Gasteiger partial charge is 0.324 e. The van der Waals surface area contributed by atoms with Gasteiger partial charge in [-0.2, -0.15) is 0 Å². The summed E-state index contributed by atoms with van der Waals surface area (Å²) in [6.07, 6.45) is 1.81. The van der Waals surface area contributed by atoms with Crippen LogP contribution in [0.25, 0.3) is 0 Å². The molecule has 0 saturated carbocycles. The summed E-state index contributed by atoms with van der Waals surface area (Å²) in [6.45, 7) is 20.0. The predicted octanol–water partition coefficient (Wildman–Crippen LogP) is 3.02. The molecule has 0 aromatic carbocycles. The van der Waals surface area contributed by atoms with Crippen LogP contribution in [-0.2, 0) is 19.2 Å². The average molecular weight is 524 g/mol. The van der Waals surface area contributed by atoms with Gasteiger partial charge in [-0.05, 0) is 75.2 Å². The van der Waals surface area contributed by atoms with E-state index in [1.54, 1.807) is 20.8 Å². The molecule has 3 heterocycles. The molecule has 3 rings (SSSR count). The second-order valence-corrected chi connectivity index (χ2v) is 11.2. The molecular formula is C26H45N5O6. The zero-order chi connectivity index (χ0) is 29.0. The number of urea groups is 2. The quantitative estimate of drug-likeness (QED) is 0.420. The lowest BCUT2D eigenvalue weighted by molar-refractivity contribution is -0.141. The van der Waals surface area contributed by atoms with E-state index in [1.807, 2.05) is 55.4 Å². The minimum Gasteiger partial charge on any atom is -0.324 e. The first-order valence-corrected chi connectivity index (χ1v) is 13.0. The standard InChI is InChI=1S/C9H16N2O2.C9H15NO2.C8H14N2O2/c1-5-9(4)7(12)11(6(2)3)8(13)10-9;1-4-7-5-8(11)10(6(2)3)9(7)12;1-5(2)10-6(11)8(3,4)9-7(10)12/h6H,5H2,1-4H3,(H,10,13);6-7H,4-5H2,1-3H3;5H,1-4H3,(H,9,12)/t9-;7-;/m10./s1. The van der Waals surface area contributed by atoms with Crippen LogP contribution in [0.3, 0.4) is 0 Å². The molecule has 3 aliphatic rings. The van der Waals surface area contributed by atoms with Gasteiger partial charge >= 0.3 is 12.1 Å². The number of imide groups is 3. The van der Waals surface area contributed by atoms with E-state index in [2.05, 4.69) is 10.6 Å². The highest BCUT2D eigenvalue weighted by Crippen LogP contribution is 2.24. The Hall–Kier alpha value is -2.98. The highest BCUT2D eigenvalue weighted by molar-refractivity contribution is 6.07. The molecule has 0 spiro atoms. The summed E-state index contributed by atoms with van der Waals surface area (Å²) in [6, 6.07) is -0.689. The maximum atomic E-state index is 11.8. The second kappa shape index (κ2) is 12.0. The zero-order valence-electron chi connectivity index (χ0n) is 24.2. The van der Waals surface area contributed by atoms with Crippen LogP contribution in [0.2, 0.25) is 0 Å². The van der Waals surface area contributed by atoms with Gasteiger partial charge in [0, 0.05) is 30.5 Å². The Kier molecular flexibility index (Phi) is 10.4. The molecule has 0 aromatic heterocycles. The zero-order valence-corrected chi connectivity index (χ0v) is 24.2. The number of carbonyl (C=O) groups is 6. The lowest BCUT2D eigenvalue weighted by atomic mass is 9.99. The Morgan fingerprint density at radius 2 is 1.16 bits per heavy atom. The molecule has 2 N–H and O–H groups in total. The predicted molar refractivity (Wildman–Crippen MR) is 139 cm³/mol. The Morgan fingerprint density at radius 3 is 1.38 bits per heavy atom. The Morgan fingerprint density at radius 1 is 0.730 bits per heavy atom. The van der Waals surface area contributed by atoms with E-state index >= 15 is 0 Å². The van der Waals surface area contributed by atoms with Gasteiger partial charge in [-0.15, -0.1) is 0 Å². The van der Waals surface area contributed by atoms with Crippen molar-refractivity contribution >= 4 is 35.7 Å². The molecule has 37 heavy (non-hydrogen) atoms. The topological polar surface area (TPSA) is 136 Å². The lowest BCUT2D eigenvalue weighted by Crippen LogP contribution is -2.43. The van der Waals surface area contributed by atoms with Gasteiger partial charge in [-0.3, -0.25) is 33.9 Å². The molecule has 11 nitrogen and oxygen atoms in total. The van der Waals surface area contributed by atoms with Crippen molar-refractivity contribution < 1.29 is 28.8 Å². The van der Waals surface area contributed by atoms with Crippen molar-refractivity contribution in [2.45, 2.75) is 125 Å². The summed E-state index contributed by atoms with van der Waals surface area (Å²) in [5, 5.41) is 5.31. The van der Waals surface area contributed by atoms with E-state index < -0.39 is 11.1 Å². The number of nitrogens with one attached hydrogen (secondary N) is 2. The van der Waals surface area contributed by atoms with Crippen LogP contribution >= 0.6 is 0 Å². The van der Waals surface area contributed by atoms with E-state index in [0.717, 1.165) is 6.42 Å². The molecule has 8 amide bonds. The van der Waals surface area contributed by atoms with Gasteiger partial charge in [0.25, 0.3) is 11.8 Å². The largest absolute Gasteiger partial charge is 0.325 e. The maximum Gasteiger partial charge on any atom is 0.325 e. The Bertz CT molecular complexity index is 928. The molecule has 0 bridgehead atoms. The van der Waals surface area contributed by atoms with Crippen molar-refractivity contribution in [3.05, 3.63) is 0 Å². The van der Waals surface area contributed by atoms with Crippen molar-refractivity contribution in [1.29, 1.82) is 0 Å². The number of hydrogen-bond donors (Lipinski definition) is 2. The van der Waals surface area contributed by atoms with Crippen molar-refractivity contribution in [1.82, 2.24) is 25.3 Å². The van der Waals surface area contributed by atoms with Crippen LogP contribution in [0.5, 0.6) is 0 Å². The first kappa shape index (κ1) is 32.0. The number of rotatable bonds is 5. The van der Waals surface area contributed by atoms with E-state index in [1.165, 1.54) is 14.7 Å². The minimum atomic E-state index is -0.735. The molecule has 0 unspecified atom stereocenters. The highest BCUT2D eigenvalue weighted by Gasteiger charge is 2.47. The monoisotopic (exact) mass is 523 g/mol. The SMILES string of the molecule is CC(C)N1C(=O)NC(C)(C)C1=O.CC[C@@]1(C)NC(=O)N(C(C)C)C1=O.CC[C@H]1CC(=O)N(C(C)C)C1=O. The third-order valence-electron chi connectivity index (χ3n) is 6.71. The summed E-state index contributed by atoms with van der Waals surface area (Å²) in [5.74, 6) is -0.322. The van der Waals surface area contributed by atoms with Crippen LogP contribution in [0.15, 0.2) is 0 Å². The van der Waals surface area contributed by atoms with Gasteiger partial charge < -0.3 is 10.6 Å². The summed E-state index contributed by atoms with van der Waals surface area (Å²) in [5.41, 5.74) is -1.43. The Labute approximate surface area is 220 Å². The van der Waals surface area contributed by atoms with Crippen LogP contribution < -0.4 is 10.6 Å². The minimum absolute atomic E-state index is 0.0116. The molecule has 11 heteroatoms. The van der Waals surface area contributed by atoms with Gasteiger partial charge in [-0.1, -0.05) is 13.8 Å². The molecular weight excluding hydrogens is 478 g/mol. The first-order chi connectivity index (χ1) is 16.9. The summed E-state index contributed by atoms with van der Waals surface area (Å²) in [4.78, 5) is 72.6. The first-order valence-electron chi connectivity index (χ1n) is 13.0. The normalized spacial score (nSPS) is 25.0. The summed E-state index contributed by atoms with van der Waals surface area (Å²) in [7, 11) is 0. The van der Waals surface area contributed by atoms with Crippen molar-refractivity contribution in [3.63, 3.8) is 0 Å². The molecule has 2 atom stereocenters. The van der Waals surface area contributed by atoms with E-state index in [9.17, 15) is 28.8 Å². The number of carbonyl (C=O) groups excluding carboxylic acids is 6. The van der Waals surface area contributed by atoms with E-state index in [-0.39, 0.29) is 59.7 Å². The van der Waals surface area contributed by atoms with Crippen LogP contribution in [-0.4, -0.2) is 79.6 Å². The van der Waals surface area contributed by atoms with Crippen molar-refractivity contribution in [3.8, 4) is 0 Å². The van der Waals surface area contributed by atoms with Gasteiger partial charge in [0.1, 0.15) is 11.1 Å². The molecule has 3 aliphatic heterocycles. The molecule has 0 aromatic rings. The number of hydrogen-bond acceptors (Lipinski definition) is 6. The maximum absolute atomic E-state index is 11.8. The van der Waals surface area contributed by atoms with E-state index in [4.69, 9.17) is 0 Å². The third kappa shape index (κ3) is 6.87. The average Bonchev–Trinajstić information content (AvgIpc) is 3.27. The number of nitrogens with zero attached hydrogens (tertiary/aromatic N) is 3. The van der Waals surface area contributed by atoms with Gasteiger partial charge in [-0.25, -0.2) is 9.59 Å². The fourth-order valence-corrected chi connectivity index (χ4v) is 4.24. The molecule has 3 saturated heterocycles. The second-order valence-electron chi connectivity index (χ2n) is 11.2. The van der Waals surface area contributed by atoms with Crippen LogP contribution in [0.4, 0.5) is 9.59 Å². The van der Waals surface area contributed by atoms with Gasteiger partial charge in [0.05, 0.1) is 0 Å². The third-order valence-corrected chi connectivity index (χ3v) is 6.71. The Balaban J connectivity index is 0.000000278. The summed E-state index contributed by atoms with van der Waals surface area (Å²) >= 11 is 0. The lowest BCUT2D eigenvalue weighted by Gasteiger charge is -2.21. The van der Waals surface area contributed by atoms with Crippen LogP contribution in [0, 0.1) is 5.92 Å². The fraction of sp³-hybridized carbons (Fsp3) is 0.769. The number of likely N-dealkylation sites (tertiary alicyclic amines) is 1. The molecule has 3 fully saturated rings. The van der Waals surface area contributed by atoms with Gasteiger partial charge in [0.2, 0.25) is 11.8 Å².